The first-order chi connectivity index (χ1) is 6.84. The first-order valence-corrected chi connectivity index (χ1v) is 5.04. The van der Waals surface area contributed by atoms with Crippen LogP contribution in [0.4, 0.5) is 0 Å². The van der Waals surface area contributed by atoms with Gasteiger partial charge in [-0.3, -0.25) is 0 Å². The van der Waals surface area contributed by atoms with Gasteiger partial charge in [0, 0.05) is 24.8 Å². The molecule has 0 aromatic carbocycles. The van der Waals surface area contributed by atoms with Gasteiger partial charge in [0.25, 0.3) is 0 Å². The van der Waals surface area contributed by atoms with E-state index in [1.54, 1.807) is 12.3 Å². The summed E-state index contributed by atoms with van der Waals surface area (Å²) in [6, 6.07) is 3.53. The minimum absolute atomic E-state index is 0.463. The van der Waals surface area contributed by atoms with Crippen molar-refractivity contribution in [3.8, 4) is 5.75 Å². The van der Waals surface area contributed by atoms with Crippen molar-refractivity contribution in [1.82, 2.24) is 4.98 Å². The lowest BCUT2D eigenvalue weighted by Crippen LogP contribution is -2.11. The topological polar surface area (TPSA) is 31.4 Å². The van der Waals surface area contributed by atoms with Gasteiger partial charge in [-0.1, -0.05) is 11.6 Å². The molecule has 1 aliphatic heterocycles. The first-order valence-electron chi connectivity index (χ1n) is 4.67. The third kappa shape index (κ3) is 2.59. The number of halogens is 1. The van der Waals surface area contributed by atoms with E-state index in [-0.39, 0.29) is 0 Å². The molecule has 0 spiro atoms. The highest BCUT2D eigenvalue weighted by Crippen LogP contribution is 2.18. The largest absolute Gasteiger partial charge is 0.493 e. The molecule has 1 atom stereocenters. The molecule has 0 radical (unpaired) electrons. The van der Waals surface area contributed by atoms with Crippen molar-refractivity contribution in [3.63, 3.8) is 0 Å². The van der Waals surface area contributed by atoms with Gasteiger partial charge in [-0.05, 0) is 12.5 Å². The lowest BCUT2D eigenvalue weighted by molar-refractivity contribution is 0.167. The number of hydrogen-bond donors (Lipinski definition) is 0. The van der Waals surface area contributed by atoms with Crippen molar-refractivity contribution in [2.24, 2.45) is 5.92 Å². The second kappa shape index (κ2) is 4.62. The Balaban J connectivity index is 1.85. The Morgan fingerprint density at radius 2 is 2.57 bits per heavy atom. The summed E-state index contributed by atoms with van der Waals surface area (Å²) in [7, 11) is 0. The monoisotopic (exact) mass is 213 g/mol. The van der Waals surface area contributed by atoms with E-state index in [4.69, 9.17) is 21.1 Å². The van der Waals surface area contributed by atoms with E-state index in [2.05, 4.69) is 4.98 Å². The van der Waals surface area contributed by atoms with E-state index in [0.29, 0.717) is 17.7 Å². The van der Waals surface area contributed by atoms with Crippen LogP contribution in [0.5, 0.6) is 5.75 Å². The Hall–Kier alpha value is -0.800. The third-order valence-corrected chi connectivity index (χ3v) is 2.41. The molecule has 4 heteroatoms. The molecule has 0 N–H and O–H groups in total. The average Bonchev–Trinajstić information content (AvgIpc) is 2.67. The Kier molecular flexibility index (Phi) is 3.22. The van der Waals surface area contributed by atoms with Crippen molar-refractivity contribution in [2.75, 3.05) is 19.8 Å². The second-order valence-electron chi connectivity index (χ2n) is 3.35. The highest BCUT2D eigenvalue weighted by molar-refractivity contribution is 6.29. The van der Waals surface area contributed by atoms with Crippen LogP contribution in [-0.4, -0.2) is 24.8 Å². The summed E-state index contributed by atoms with van der Waals surface area (Å²) in [4.78, 5) is 3.88. The van der Waals surface area contributed by atoms with Crippen molar-refractivity contribution in [2.45, 2.75) is 6.42 Å². The van der Waals surface area contributed by atoms with E-state index in [1.807, 2.05) is 6.07 Å². The first kappa shape index (κ1) is 9.74. The molecule has 14 heavy (non-hydrogen) atoms. The Morgan fingerprint density at radius 3 is 3.29 bits per heavy atom. The maximum absolute atomic E-state index is 5.72. The van der Waals surface area contributed by atoms with Crippen LogP contribution in [0.15, 0.2) is 18.3 Å². The predicted octanol–water partition coefficient (Wildman–Crippen LogP) is 2.15. The smallest absolute Gasteiger partial charge is 0.132 e. The van der Waals surface area contributed by atoms with E-state index < -0.39 is 0 Å². The van der Waals surface area contributed by atoms with Crippen LogP contribution in [0.3, 0.4) is 0 Å². The minimum atomic E-state index is 0.463. The van der Waals surface area contributed by atoms with Crippen LogP contribution in [0.25, 0.3) is 0 Å². The normalized spacial score (nSPS) is 21.1. The second-order valence-corrected chi connectivity index (χ2v) is 3.74. The average molecular weight is 214 g/mol. The van der Waals surface area contributed by atoms with Crippen molar-refractivity contribution < 1.29 is 9.47 Å². The molecule has 1 aromatic rings. The molecule has 1 aromatic heterocycles. The van der Waals surface area contributed by atoms with Crippen LogP contribution in [0, 0.1) is 5.92 Å². The van der Waals surface area contributed by atoms with Gasteiger partial charge >= 0.3 is 0 Å². The molecule has 2 heterocycles. The molecule has 0 saturated carbocycles. The van der Waals surface area contributed by atoms with Crippen LogP contribution in [0.2, 0.25) is 5.15 Å². The summed E-state index contributed by atoms with van der Waals surface area (Å²) in [5.41, 5.74) is 0. The molecule has 0 aliphatic carbocycles. The standard InChI is InChI=1S/C10H12ClNO2/c11-10-5-9(1-3-12-10)14-7-8-2-4-13-6-8/h1,3,5,8H,2,4,6-7H2. The number of nitrogens with zero attached hydrogens (tertiary/aromatic N) is 1. The number of rotatable bonds is 3. The van der Waals surface area contributed by atoms with Gasteiger partial charge in [-0.15, -0.1) is 0 Å². The summed E-state index contributed by atoms with van der Waals surface area (Å²) < 4.78 is 10.8. The molecule has 3 nitrogen and oxygen atoms in total. The number of hydrogen-bond acceptors (Lipinski definition) is 3. The fourth-order valence-electron chi connectivity index (χ4n) is 1.40. The summed E-state index contributed by atoms with van der Waals surface area (Å²) in [5, 5.41) is 0.463. The number of pyridine rings is 1. The lowest BCUT2D eigenvalue weighted by atomic mass is 10.1. The van der Waals surface area contributed by atoms with Gasteiger partial charge < -0.3 is 9.47 Å². The third-order valence-electron chi connectivity index (χ3n) is 2.21. The Labute approximate surface area is 88.0 Å². The van der Waals surface area contributed by atoms with Crippen molar-refractivity contribution in [3.05, 3.63) is 23.5 Å². The molecular formula is C10H12ClNO2. The van der Waals surface area contributed by atoms with E-state index in [1.165, 1.54) is 0 Å². The maximum atomic E-state index is 5.72. The lowest BCUT2D eigenvalue weighted by Gasteiger charge is -2.09. The fourth-order valence-corrected chi connectivity index (χ4v) is 1.57. The van der Waals surface area contributed by atoms with E-state index >= 15 is 0 Å². The summed E-state index contributed by atoms with van der Waals surface area (Å²) in [6.45, 7) is 2.35. The van der Waals surface area contributed by atoms with Gasteiger partial charge in [0.05, 0.1) is 13.2 Å². The van der Waals surface area contributed by atoms with Crippen LogP contribution in [-0.2, 0) is 4.74 Å². The van der Waals surface area contributed by atoms with Gasteiger partial charge in [0.15, 0.2) is 0 Å². The van der Waals surface area contributed by atoms with Crippen LogP contribution in [0.1, 0.15) is 6.42 Å². The molecule has 2 rings (SSSR count). The maximum Gasteiger partial charge on any atom is 0.132 e. The molecule has 0 amide bonds. The predicted molar refractivity (Wildman–Crippen MR) is 53.7 cm³/mol. The zero-order valence-corrected chi connectivity index (χ0v) is 8.54. The molecule has 1 aliphatic rings. The van der Waals surface area contributed by atoms with E-state index in [9.17, 15) is 0 Å². The van der Waals surface area contributed by atoms with Gasteiger partial charge in [-0.2, -0.15) is 0 Å². The molecule has 0 bridgehead atoms. The minimum Gasteiger partial charge on any atom is -0.493 e. The number of aromatic nitrogens is 1. The summed E-state index contributed by atoms with van der Waals surface area (Å²) >= 11 is 5.72. The van der Waals surface area contributed by atoms with Crippen LogP contribution < -0.4 is 4.74 Å². The van der Waals surface area contributed by atoms with Crippen LogP contribution >= 0.6 is 11.6 Å². The quantitative estimate of drug-likeness (QED) is 0.721. The van der Waals surface area contributed by atoms with Gasteiger partial charge in [0.2, 0.25) is 0 Å². The highest BCUT2D eigenvalue weighted by atomic mass is 35.5. The molecule has 1 fully saturated rings. The molecule has 1 saturated heterocycles. The zero-order valence-electron chi connectivity index (χ0n) is 7.78. The zero-order chi connectivity index (χ0) is 9.80. The molecule has 76 valence electrons. The highest BCUT2D eigenvalue weighted by Gasteiger charge is 2.16. The van der Waals surface area contributed by atoms with Gasteiger partial charge in [-0.25, -0.2) is 4.98 Å². The van der Waals surface area contributed by atoms with Crippen molar-refractivity contribution in [1.29, 1.82) is 0 Å². The fraction of sp³-hybridized carbons (Fsp3) is 0.500. The number of ether oxygens (including phenoxy) is 2. The Bertz CT molecular complexity index is 300. The molecule has 1 unspecified atom stereocenters. The van der Waals surface area contributed by atoms with Gasteiger partial charge in [0.1, 0.15) is 10.9 Å². The van der Waals surface area contributed by atoms with E-state index in [0.717, 1.165) is 25.4 Å². The van der Waals surface area contributed by atoms with Crippen molar-refractivity contribution >= 4 is 11.6 Å². The SMILES string of the molecule is Clc1cc(OCC2CCOC2)ccn1. The summed E-state index contributed by atoms with van der Waals surface area (Å²) in [5.74, 6) is 1.29. The Morgan fingerprint density at radius 1 is 1.64 bits per heavy atom. The summed E-state index contributed by atoms with van der Waals surface area (Å²) in [6.07, 6.45) is 2.72. The molecular weight excluding hydrogens is 202 g/mol.